The van der Waals surface area contributed by atoms with Crippen LogP contribution in [-0.2, 0) is 0 Å². The molecule has 2 aliphatic carbocycles. The summed E-state index contributed by atoms with van der Waals surface area (Å²) in [7, 11) is 7.53. The van der Waals surface area contributed by atoms with E-state index < -0.39 is 38.4 Å². The highest BCUT2D eigenvalue weighted by Gasteiger charge is 2.84. The number of halogens is 6. The van der Waals surface area contributed by atoms with Crippen LogP contribution in [0.2, 0.25) is 0 Å². The minimum Gasteiger partial charge on any atom is -0.378 e. The molecule has 0 amide bonds. The molecule has 0 aromatic heterocycles. The largest absolute Gasteiger partial charge is 0.380 e. The highest BCUT2D eigenvalue weighted by molar-refractivity contribution is 8.14. The highest BCUT2D eigenvalue weighted by atomic mass is 32.2. The van der Waals surface area contributed by atoms with Gasteiger partial charge in [0.2, 0.25) is 0 Å². The van der Waals surface area contributed by atoms with Crippen LogP contribution in [0, 0.1) is 0 Å². The molecule has 6 rings (SSSR count). The number of benzene rings is 2. The topological polar surface area (TPSA) is 6.48 Å². The zero-order chi connectivity index (χ0) is 29.9. The maximum Gasteiger partial charge on any atom is 0.380 e. The summed E-state index contributed by atoms with van der Waals surface area (Å²) in [6.45, 7) is 3.41. The third-order valence-electron chi connectivity index (χ3n) is 8.66. The summed E-state index contributed by atoms with van der Waals surface area (Å²) in [4.78, 5) is 4.96. The van der Waals surface area contributed by atoms with Crippen molar-refractivity contribution in [1.82, 2.24) is 0 Å². The van der Waals surface area contributed by atoms with E-state index in [1.807, 2.05) is 86.5 Å². The fourth-order valence-electron chi connectivity index (χ4n) is 6.04. The zero-order valence-corrected chi connectivity index (χ0v) is 24.9. The molecule has 2 unspecified atom stereocenters. The monoisotopic (exact) mass is 606 g/mol. The van der Waals surface area contributed by atoms with Gasteiger partial charge in [-0.2, -0.15) is 26.3 Å². The van der Waals surface area contributed by atoms with Crippen LogP contribution in [0.1, 0.15) is 25.0 Å². The number of hydrogen-bond acceptors (Lipinski definition) is 4. The van der Waals surface area contributed by atoms with Gasteiger partial charge in [0.25, 0.3) is 0 Å². The number of rotatable bonds is 4. The second-order valence-electron chi connectivity index (χ2n) is 11.5. The summed E-state index contributed by atoms with van der Waals surface area (Å²) in [5, 5.41) is 0. The summed E-state index contributed by atoms with van der Waals surface area (Å²) in [5.41, 5.74) is 0.431. The van der Waals surface area contributed by atoms with Gasteiger partial charge in [-0.15, -0.1) is 23.5 Å². The molecule has 1 fully saturated rings. The van der Waals surface area contributed by atoms with Crippen LogP contribution >= 0.6 is 23.5 Å². The Labute approximate surface area is 243 Å². The van der Waals surface area contributed by atoms with E-state index >= 15 is 26.3 Å². The first-order valence-electron chi connectivity index (χ1n) is 13.0. The molecule has 2 nitrogen and oxygen atoms in total. The van der Waals surface area contributed by atoms with E-state index in [9.17, 15) is 0 Å². The first-order chi connectivity index (χ1) is 19.0. The Hall–Kier alpha value is -2.72. The maximum absolute atomic E-state index is 15.6. The van der Waals surface area contributed by atoms with Crippen molar-refractivity contribution in [1.29, 1.82) is 0 Å². The second kappa shape index (κ2) is 8.66. The molecule has 4 aliphatic rings. The standard InChI is InChI=1S/C31H28F6N2S2/c1-27-21(15-23(40-27)17-7-11-19(12-8-17)38(3)4)25-26(30(34,35)31(36,37)29(25,32)33)22-16-24(41-28(22,27)2)18-9-13-20(14-10-18)39(5)6/h7-16H,1-6H3. The maximum atomic E-state index is 15.6. The molecule has 2 atom stereocenters. The van der Waals surface area contributed by atoms with Crippen LogP contribution in [0.5, 0.6) is 0 Å². The number of allylic oxidation sites excluding steroid dienone is 4. The van der Waals surface area contributed by atoms with Crippen LogP contribution in [0.3, 0.4) is 0 Å². The predicted molar refractivity (Wildman–Crippen MR) is 158 cm³/mol. The smallest absolute Gasteiger partial charge is 0.378 e. The van der Waals surface area contributed by atoms with E-state index in [2.05, 4.69) is 0 Å². The van der Waals surface area contributed by atoms with Crippen molar-refractivity contribution < 1.29 is 26.3 Å². The van der Waals surface area contributed by atoms with Gasteiger partial charge in [-0.1, -0.05) is 24.3 Å². The summed E-state index contributed by atoms with van der Waals surface area (Å²) in [6, 6.07) is 14.8. The summed E-state index contributed by atoms with van der Waals surface area (Å²) in [6.07, 6.45) is 2.84. The molecule has 1 saturated carbocycles. The van der Waals surface area contributed by atoms with E-state index in [0.717, 1.165) is 11.4 Å². The Bertz CT molecular complexity index is 1470. The number of hydrogen-bond donors (Lipinski definition) is 0. The van der Waals surface area contributed by atoms with Crippen molar-refractivity contribution in [2.24, 2.45) is 0 Å². The number of anilines is 2. The highest BCUT2D eigenvalue weighted by Crippen LogP contribution is 2.75. The third kappa shape index (κ3) is 3.55. The summed E-state index contributed by atoms with van der Waals surface area (Å²) < 4.78 is 89.8. The molecule has 0 N–H and O–H groups in total. The van der Waals surface area contributed by atoms with E-state index in [-0.39, 0.29) is 11.1 Å². The Morgan fingerprint density at radius 2 is 0.854 bits per heavy atom. The van der Waals surface area contributed by atoms with Crippen molar-refractivity contribution in [2.75, 3.05) is 38.0 Å². The SMILES string of the molecule is CN(C)c1ccc(C2=CC3=C4C(=C5C=C(c6ccc(N(C)C)cc6)SC5(C)C3(C)S2)C(F)(F)C(F)(F)C4(F)F)cc1. The number of thioether (sulfide) groups is 2. The minimum absolute atomic E-state index is 0.164. The first-order valence-corrected chi connectivity index (χ1v) is 14.6. The molecular weight excluding hydrogens is 578 g/mol. The van der Waals surface area contributed by atoms with Crippen molar-refractivity contribution in [3.05, 3.63) is 94.1 Å². The first kappa shape index (κ1) is 28.4. The molecule has 0 radical (unpaired) electrons. The van der Waals surface area contributed by atoms with Gasteiger partial charge in [0.1, 0.15) is 0 Å². The van der Waals surface area contributed by atoms with Crippen LogP contribution in [-0.4, -0.2) is 55.5 Å². The van der Waals surface area contributed by atoms with Gasteiger partial charge < -0.3 is 9.80 Å². The summed E-state index contributed by atoms with van der Waals surface area (Å²) in [5.74, 6) is -15.7. The van der Waals surface area contributed by atoms with Gasteiger partial charge >= 0.3 is 17.8 Å². The number of fused-ring (bicyclic) bond motifs is 4. The fraction of sp³-hybridized carbons (Fsp3) is 0.355. The molecule has 10 heteroatoms. The molecule has 2 aromatic carbocycles. The Morgan fingerprint density at radius 1 is 0.537 bits per heavy atom. The second-order valence-corrected chi connectivity index (χ2v) is 14.4. The third-order valence-corrected chi connectivity index (χ3v) is 12.0. The predicted octanol–water partition coefficient (Wildman–Crippen LogP) is 8.74. The van der Waals surface area contributed by atoms with Gasteiger partial charge in [0, 0.05) is 60.5 Å². The lowest BCUT2D eigenvalue weighted by Gasteiger charge is -2.47. The molecule has 2 aliphatic heterocycles. The van der Waals surface area contributed by atoms with Crippen LogP contribution < -0.4 is 9.80 Å². The zero-order valence-electron chi connectivity index (χ0n) is 23.3. The van der Waals surface area contributed by atoms with Crippen LogP contribution in [0.25, 0.3) is 9.81 Å². The number of alkyl halides is 6. The molecule has 0 saturated heterocycles. The molecule has 2 aromatic rings. The lowest BCUT2D eigenvalue weighted by atomic mass is 9.71. The Morgan fingerprint density at radius 3 is 1.15 bits per heavy atom. The van der Waals surface area contributed by atoms with E-state index in [1.165, 1.54) is 35.7 Å². The summed E-state index contributed by atoms with van der Waals surface area (Å²) >= 11 is 2.53. The average Bonchev–Trinajstić information content (AvgIpc) is 3.48. The van der Waals surface area contributed by atoms with Gasteiger partial charge in [0.05, 0.1) is 9.49 Å². The van der Waals surface area contributed by atoms with Gasteiger partial charge in [-0.25, -0.2) is 0 Å². The molecule has 0 spiro atoms. The normalized spacial score (nSPS) is 28.7. The van der Waals surface area contributed by atoms with Crippen molar-refractivity contribution in [2.45, 2.75) is 41.1 Å². The van der Waals surface area contributed by atoms with Gasteiger partial charge in [0.15, 0.2) is 0 Å². The molecule has 0 bridgehead atoms. The Kier molecular flexibility index (Phi) is 6.00. The van der Waals surface area contributed by atoms with E-state index in [4.69, 9.17) is 0 Å². The lowest BCUT2D eigenvalue weighted by molar-refractivity contribution is -0.258. The molecule has 216 valence electrons. The number of nitrogens with zero attached hydrogens (tertiary/aromatic N) is 2. The van der Waals surface area contributed by atoms with Crippen molar-refractivity contribution in [3.8, 4) is 0 Å². The average molecular weight is 607 g/mol. The fourth-order valence-corrected chi connectivity index (χ4v) is 9.18. The lowest BCUT2D eigenvalue weighted by Crippen LogP contribution is -2.48. The van der Waals surface area contributed by atoms with E-state index in [0.29, 0.717) is 20.9 Å². The van der Waals surface area contributed by atoms with Crippen molar-refractivity contribution in [3.63, 3.8) is 0 Å². The van der Waals surface area contributed by atoms with Gasteiger partial charge in [-0.05, 0) is 72.5 Å². The molecular formula is C31H28F6N2S2. The van der Waals surface area contributed by atoms with Crippen LogP contribution in [0.4, 0.5) is 37.7 Å². The van der Waals surface area contributed by atoms with Crippen LogP contribution in [0.15, 0.2) is 83.0 Å². The molecule has 41 heavy (non-hydrogen) atoms. The van der Waals surface area contributed by atoms with Gasteiger partial charge in [-0.3, -0.25) is 0 Å². The molecule has 2 heterocycles. The quantitative estimate of drug-likeness (QED) is 0.321. The Balaban J connectivity index is 1.57. The minimum atomic E-state index is -5.57. The van der Waals surface area contributed by atoms with Crippen molar-refractivity contribution >= 4 is 44.7 Å². The van der Waals surface area contributed by atoms with E-state index in [1.54, 1.807) is 13.8 Å².